The summed E-state index contributed by atoms with van der Waals surface area (Å²) in [6, 6.07) is 12.5. The summed E-state index contributed by atoms with van der Waals surface area (Å²) in [4.78, 5) is 1.31. The Morgan fingerprint density at radius 2 is 2.05 bits per heavy atom. The lowest BCUT2D eigenvalue weighted by Crippen LogP contribution is -1.99. The summed E-state index contributed by atoms with van der Waals surface area (Å²) < 4.78 is 3.22. The molecule has 0 saturated carbocycles. The normalized spacial score (nSPS) is 11.0. The number of nitrogens with zero attached hydrogens (tertiary/aromatic N) is 3. The third kappa shape index (κ3) is 3.56. The van der Waals surface area contributed by atoms with Gasteiger partial charge in [-0.1, -0.05) is 52.0 Å². The van der Waals surface area contributed by atoms with Crippen molar-refractivity contribution in [2.45, 2.75) is 17.3 Å². The largest absolute Gasteiger partial charge is 0.309 e. The minimum Gasteiger partial charge on any atom is -0.309 e. The second-order valence-corrected chi connectivity index (χ2v) is 7.42. The van der Waals surface area contributed by atoms with Crippen molar-refractivity contribution in [3.8, 4) is 0 Å². The summed E-state index contributed by atoms with van der Waals surface area (Å²) in [5, 5.41) is 11.7. The van der Waals surface area contributed by atoms with Gasteiger partial charge >= 0.3 is 0 Å². The first-order valence-corrected chi connectivity index (χ1v) is 9.16. The highest BCUT2D eigenvalue weighted by atomic mass is 79.9. The lowest BCUT2D eigenvalue weighted by Gasteiger charge is -2.05. The first-order chi connectivity index (χ1) is 10.2. The molecule has 0 aliphatic rings. The van der Waals surface area contributed by atoms with Crippen molar-refractivity contribution >= 4 is 39.0 Å². The van der Waals surface area contributed by atoms with E-state index < -0.39 is 0 Å². The van der Waals surface area contributed by atoms with E-state index in [1.807, 2.05) is 13.1 Å². The van der Waals surface area contributed by atoms with Crippen LogP contribution in [0.3, 0.4) is 0 Å². The molecule has 0 aliphatic carbocycles. The summed E-state index contributed by atoms with van der Waals surface area (Å²) in [6.07, 6.45) is 0.844. The van der Waals surface area contributed by atoms with Gasteiger partial charge in [0, 0.05) is 28.6 Å². The van der Waals surface area contributed by atoms with Gasteiger partial charge in [-0.05, 0) is 23.1 Å². The number of aromatic nitrogens is 3. The number of thiophene rings is 1. The van der Waals surface area contributed by atoms with Crippen LogP contribution in [0, 0.1) is 0 Å². The Balaban J connectivity index is 1.69. The van der Waals surface area contributed by atoms with Crippen LogP contribution in [0.5, 0.6) is 0 Å². The van der Waals surface area contributed by atoms with E-state index >= 15 is 0 Å². The van der Waals surface area contributed by atoms with E-state index in [1.165, 1.54) is 10.4 Å². The van der Waals surface area contributed by atoms with Crippen molar-refractivity contribution in [2.75, 3.05) is 0 Å². The van der Waals surface area contributed by atoms with E-state index in [-0.39, 0.29) is 0 Å². The van der Waals surface area contributed by atoms with Gasteiger partial charge in [0.05, 0.1) is 0 Å². The molecule has 0 bridgehead atoms. The van der Waals surface area contributed by atoms with Gasteiger partial charge in [0.15, 0.2) is 5.16 Å². The van der Waals surface area contributed by atoms with Crippen LogP contribution in [0.4, 0.5) is 0 Å². The molecule has 0 spiro atoms. The maximum atomic E-state index is 4.31. The zero-order chi connectivity index (χ0) is 14.7. The second kappa shape index (κ2) is 6.77. The molecular weight excluding hydrogens is 366 g/mol. The number of hydrogen-bond donors (Lipinski definition) is 0. The van der Waals surface area contributed by atoms with Crippen molar-refractivity contribution in [1.82, 2.24) is 14.8 Å². The average molecular weight is 380 g/mol. The van der Waals surface area contributed by atoms with E-state index in [9.17, 15) is 0 Å². The number of rotatable bonds is 5. The second-order valence-electron chi connectivity index (χ2n) is 4.59. The summed E-state index contributed by atoms with van der Waals surface area (Å²) in [5.74, 6) is 1.89. The highest BCUT2D eigenvalue weighted by Crippen LogP contribution is 2.26. The molecular formula is C15H14BrN3S2. The Labute approximate surface area is 140 Å². The van der Waals surface area contributed by atoms with E-state index in [1.54, 1.807) is 23.1 Å². The highest BCUT2D eigenvalue weighted by molar-refractivity contribution is 9.10. The highest BCUT2D eigenvalue weighted by Gasteiger charge is 2.11. The molecule has 0 amide bonds. The Kier molecular flexibility index (Phi) is 4.77. The van der Waals surface area contributed by atoms with Crippen LogP contribution in [0.15, 0.2) is 51.4 Å². The van der Waals surface area contributed by atoms with Crippen LogP contribution >= 0.6 is 39.0 Å². The molecule has 2 heterocycles. The molecule has 0 fully saturated rings. The van der Waals surface area contributed by atoms with Gasteiger partial charge in [0.2, 0.25) is 0 Å². The molecule has 0 saturated heterocycles. The van der Waals surface area contributed by atoms with Crippen LogP contribution < -0.4 is 0 Å². The minimum absolute atomic E-state index is 0.844. The van der Waals surface area contributed by atoms with Gasteiger partial charge in [0.1, 0.15) is 5.82 Å². The van der Waals surface area contributed by atoms with Crippen LogP contribution in [0.25, 0.3) is 0 Å². The Bertz CT molecular complexity index is 722. The van der Waals surface area contributed by atoms with Crippen LogP contribution in [-0.2, 0) is 19.2 Å². The molecule has 0 aliphatic heterocycles. The molecule has 2 aromatic heterocycles. The SMILES string of the molecule is Cn1c(Cc2cccs2)nnc1SCc1ccccc1Br. The van der Waals surface area contributed by atoms with Crippen LogP contribution in [0.1, 0.15) is 16.3 Å². The zero-order valence-corrected chi connectivity index (χ0v) is 14.7. The number of hydrogen-bond acceptors (Lipinski definition) is 4. The van der Waals surface area contributed by atoms with E-state index in [0.29, 0.717) is 0 Å². The van der Waals surface area contributed by atoms with Crippen molar-refractivity contribution in [1.29, 1.82) is 0 Å². The Morgan fingerprint density at radius 3 is 2.81 bits per heavy atom. The fourth-order valence-corrected chi connectivity index (χ4v) is 4.20. The average Bonchev–Trinajstić information content (AvgIpc) is 3.11. The van der Waals surface area contributed by atoms with E-state index in [2.05, 4.69) is 66.4 Å². The summed E-state index contributed by atoms with van der Waals surface area (Å²) in [6.45, 7) is 0. The standard InChI is InChI=1S/C15H14BrN3S2/c1-19-14(9-12-6-4-8-20-12)17-18-15(19)21-10-11-5-2-3-7-13(11)16/h2-8H,9-10H2,1H3. The monoisotopic (exact) mass is 379 g/mol. The predicted molar refractivity (Wildman–Crippen MR) is 91.8 cm³/mol. The zero-order valence-electron chi connectivity index (χ0n) is 11.5. The van der Waals surface area contributed by atoms with Gasteiger partial charge in [-0.25, -0.2) is 0 Å². The molecule has 0 radical (unpaired) electrons. The van der Waals surface area contributed by atoms with Gasteiger partial charge in [-0.2, -0.15) is 0 Å². The van der Waals surface area contributed by atoms with Gasteiger partial charge < -0.3 is 4.57 Å². The smallest absolute Gasteiger partial charge is 0.191 e. The Hall–Kier alpha value is -1.11. The topological polar surface area (TPSA) is 30.7 Å². The van der Waals surface area contributed by atoms with Gasteiger partial charge in [-0.15, -0.1) is 21.5 Å². The first-order valence-electron chi connectivity index (χ1n) is 6.51. The summed E-state index contributed by atoms with van der Waals surface area (Å²) in [5.41, 5.74) is 1.27. The number of benzene rings is 1. The lowest BCUT2D eigenvalue weighted by atomic mass is 10.2. The molecule has 0 atom stereocenters. The Morgan fingerprint density at radius 1 is 1.19 bits per heavy atom. The van der Waals surface area contributed by atoms with Gasteiger partial charge in [0.25, 0.3) is 0 Å². The molecule has 6 heteroatoms. The third-order valence-electron chi connectivity index (χ3n) is 3.15. The fraction of sp³-hybridized carbons (Fsp3) is 0.200. The first kappa shape index (κ1) is 14.8. The number of halogens is 1. The number of thioether (sulfide) groups is 1. The summed E-state index contributed by atoms with van der Waals surface area (Å²) in [7, 11) is 2.03. The molecule has 0 N–H and O–H groups in total. The predicted octanol–water partition coefficient (Wildman–Crippen LogP) is 4.52. The van der Waals surface area contributed by atoms with E-state index in [4.69, 9.17) is 0 Å². The molecule has 0 unspecified atom stereocenters. The minimum atomic E-state index is 0.844. The molecule has 3 rings (SSSR count). The molecule has 1 aromatic carbocycles. The quantitative estimate of drug-likeness (QED) is 0.610. The van der Waals surface area contributed by atoms with Gasteiger partial charge in [-0.3, -0.25) is 0 Å². The molecule has 3 aromatic rings. The molecule has 3 nitrogen and oxygen atoms in total. The summed E-state index contributed by atoms with van der Waals surface area (Å²) >= 11 is 7.04. The third-order valence-corrected chi connectivity index (χ3v) is 5.87. The molecule has 21 heavy (non-hydrogen) atoms. The lowest BCUT2D eigenvalue weighted by molar-refractivity contribution is 0.751. The van der Waals surface area contributed by atoms with Crippen molar-refractivity contribution in [3.05, 3.63) is 62.5 Å². The van der Waals surface area contributed by atoms with Crippen molar-refractivity contribution in [3.63, 3.8) is 0 Å². The fourth-order valence-electron chi connectivity index (χ4n) is 1.95. The van der Waals surface area contributed by atoms with Crippen molar-refractivity contribution < 1.29 is 0 Å². The van der Waals surface area contributed by atoms with E-state index in [0.717, 1.165) is 27.6 Å². The maximum Gasteiger partial charge on any atom is 0.191 e. The van der Waals surface area contributed by atoms with Crippen LogP contribution in [-0.4, -0.2) is 14.8 Å². The van der Waals surface area contributed by atoms with Crippen LogP contribution in [0.2, 0.25) is 0 Å². The maximum absolute atomic E-state index is 4.31. The van der Waals surface area contributed by atoms with Crippen molar-refractivity contribution in [2.24, 2.45) is 7.05 Å². The molecule has 108 valence electrons.